The number of carbonyl (C=O) groups excluding carboxylic acids is 4. The summed E-state index contributed by atoms with van der Waals surface area (Å²) >= 11 is 1.70. The summed E-state index contributed by atoms with van der Waals surface area (Å²) < 4.78 is 5.99. The first-order valence-corrected chi connectivity index (χ1v) is 15.4. The number of hydrogen-bond acceptors (Lipinski definition) is 11. The summed E-state index contributed by atoms with van der Waals surface area (Å²) in [5.74, 6) is -9.78. The zero-order chi connectivity index (χ0) is 30.7. The van der Waals surface area contributed by atoms with E-state index in [1.54, 1.807) is 44.9 Å². The van der Waals surface area contributed by atoms with E-state index in [9.17, 15) is 39.6 Å². The molecule has 0 radical (unpaired) electrons. The number of carbonyl (C=O) groups is 4. The van der Waals surface area contributed by atoms with Gasteiger partial charge in [0, 0.05) is 40.9 Å². The third kappa shape index (κ3) is 4.54. The predicted molar refractivity (Wildman–Crippen MR) is 153 cm³/mol. The molecule has 0 aromatic heterocycles. The quantitative estimate of drug-likeness (QED) is 0.224. The molecule has 0 spiro atoms. The molecule has 0 saturated heterocycles. The SMILES string of the molecule is CCC(=O)O[C@H]1[C@H]2C(=C(O)[C@]3(O)C(=O)C(C(N)=O)C(O)[C@@H](N(C)C)[C@H]13)C(=O)c1c(O)cccc1[C@@H]2CSC1CCCC1. The number of benzene rings is 1. The van der Waals surface area contributed by atoms with Gasteiger partial charge in [0.2, 0.25) is 5.91 Å². The Hall–Kier alpha value is -2.93. The lowest BCUT2D eigenvalue weighted by molar-refractivity contribution is -0.203. The molecule has 2 unspecified atom stereocenters. The van der Waals surface area contributed by atoms with Gasteiger partial charge in [0.05, 0.1) is 17.6 Å². The van der Waals surface area contributed by atoms with Gasteiger partial charge in [-0.05, 0) is 38.6 Å². The van der Waals surface area contributed by atoms with E-state index < -0.39 is 76.7 Å². The van der Waals surface area contributed by atoms with Gasteiger partial charge in [-0.25, -0.2) is 0 Å². The third-order valence-electron chi connectivity index (χ3n) is 9.51. The summed E-state index contributed by atoms with van der Waals surface area (Å²) in [6, 6.07) is 3.49. The third-order valence-corrected chi connectivity index (χ3v) is 11.0. The van der Waals surface area contributed by atoms with Crippen molar-refractivity contribution in [3.05, 3.63) is 40.7 Å². The fourth-order valence-electron chi connectivity index (χ4n) is 7.60. The second kappa shape index (κ2) is 11.3. The lowest BCUT2D eigenvalue weighted by atomic mass is 9.53. The summed E-state index contributed by atoms with van der Waals surface area (Å²) in [5, 5.41) is 46.5. The molecule has 8 atom stereocenters. The van der Waals surface area contributed by atoms with E-state index in [-0.39, 0.29) is 23.3 Å². The van der Waals surface area contributed by atoms with Crippen LogP contribution in [0.2, 0.25) is 0 Å². The van der Waals surface area contributed by atoms with Crippen molar-refractivity contribution in [2.75, 3.05) is 19.8 Å². The molecule has 5 rings (SSSR count). The Morgan fingerprint density at radius 3 is 2.43 bits per heavy atom. The number of nitrogens with zero attached hydrogens (tertiary/aromatic N) is 1. The monoisotopic (exact) mass is 602 g/mol. The van der Waals surface area contributed by atoms with Gasteiger partial charge >= 0.3 is 5.97 Å². The average Bonchev–Trinajstić information content (AvgIpc) is 3.45. The van der Waals surface area contributed by atoms with Crippen LogP contribution < -0.4 is 5.73 Å². The number of amides is 1. The van der Waals surface area contributed by atoms with Crippen LogP contribution in [0, 0.1) is 17.8 Å². The minimum Gasteiger partial charge on any atom is -0.508 e. The van der Waals surface area contributed by atoms with Crippen molar-refractivity contribution in [3.63, 3.8) is 0 Å². The Kier molecular flexibility index (Phi) is 8.21. The van der Waals surface area contributed by atoms with Gasteiger partial charge < -0.3 is 35.8 Å². The van der Waals surface area contributed by atoms with Crippen LogP contribution in [0.15, 0.2) is 29.5 Å². The Morgan fingerprint density at radius 1 is 1.17 bits per heavy atom. The maximum Gasteiger partial charge on any atom is 0.305 e. The summed E-state index contributed by atoms with van der Waals surface area (Å²) in [6.07, 6.45) is 1.14. The number of aliphatic hydroxyl groups excluding tert-OH is 2. The zero-order valence-corrected chi connectivity index (χ0v) is 24.7. The highest BCUT2D eigenvalue weighted by Crippen LogP contribution is 2.57. The molecule has 1 aromatic carbocycles. The lowest BCUT2D eigenvalue weighted by Crippen LogP contribution is -2.74. The minimum absolute atomic E-state index is 0.0563. The van der Waals surface area contributed by atoms with E-state index in [0.29, 0.717) is 16.6 Å². The Labute approximate surface area is 248 Å². The van der Waals surface area contributed by atoms with Crippen molar-refractivity contribution >= 4 is 35.2 Å². The highest BCUT2D eigenvalue weighted by atomic mass is 32.2. The topological polar surface area (TPSA) is 188 Å². The number of esters is 1. The summed E-state index contributed by atoms with van der Waals surface area (Å²) in [4.78, 5) is 54.8. The number of phenolic OH excluding ortho intramolecular Hbond substituents is 1. The van der Waals surface area contributed by atoms with Crippen LogP contribution in [0.25, 0.3) is 0 Å². The molecule has 1 aromatic rings. The summed E-state index contributed by atoms with van der Waals surface area (Å²) in [6.45, 7) is 1.58. The molecule has 4 aliphatic rings. The highest BCUT2D eigenvalue weighted by molar-refractivity contribution is 7.99. The van der Waals surface area contributed by atoms with Crippen LogP contribution in [-0.2, 0) is 19.1 Å². The van der Waals surface area contributed by atoms with Crippen LogP contribution in [0.1, 0.15) is 60.9 Å². The van der Waals surface area contributed by atoms with E-state index in [1.165, 1.54) is 11.0 Å². The number of hydrogen-bond donors (Lipinski definition) is 5. The molecule has 1 amide bonds. The number of ketones is 2. The molecule has 6 N–H and O–H groups in total. The van der Waals surface area contributed by atoms with E-state index in [2.05, 4.69) is 0 Å². The van der Waals surface area contributed by atoms with Crippen molar-refractivity contribution in [2.24, 2.45) is 23.5 Å². The minimum atomic E-state index is -2.89. The lowest BCUT2D eigenvalue weighted by Gasteiger charge is -2.57. The number of rotatable bonds is 7. The average molecular weight is 603 g/mol. The van der Waals surface area contributed by atoms with Crippen molar-refractivity contribution < 1.29 is 44.3 Å². The van der Waals surface area contributed by atoms with Gasteiger partial charge in [-0.15, -0.1) is 0 Å². The Balaban J connectivity index is 1.79. The number of thioether (sulfide) groups is 1. The zero-order valence-electron chi connectivity index (χ0n) is 23.9. The van der Waals surface area contributed by atoms with Crippen molar-refractivity contribution in [2.45, 2.75) is 74.0 Å². The molecular formula is C30H38N2O9S. The number of fused-ring (bicyclic) bond motifs is 3. The van der Waals surface area contributed by atoms with Gasteiger partial charge in [-0.2, -0.15) is 11.8 Å². The number of aliphatic hydroxyl groups is 3. The van der Waals surface area contributed by atoms with Crippen molar-refractivity contribution in [1.29, 1.82) is 0 Å². The number of phenols is 1. The highest BCUT2D eigenvalue weighted by Gasteiger charge is 2.71. The molecule has 2 saturated carbocycles. The molecular weight excluding hydrogens is 564 g/mol. The molecule has 2 fully saturated rings. The van der Waals surface area contributed by atoms with E-state index in [0.717, 1.165) is 25.7 Å². The predicted octanol–water partition coefficient (Wildman–Crippen LogP) is 1.43. The van der Waals surface area contributed by atoms with Crippen LogP contribution in [0.3, 0.4) is 0 Å². The first-order valence-electron chi connectivity index (χ1n) is 14.4. The van der Waals surface area contributed by atoms with E-state index >= 15 is 0 Å². The molecule has 0 heterocycles. The Morgan fingerprint density at radius 2 is 1.83 bits per heavy atom. The molecule has 0 aliphatic heterocycles. The fourth-order valence-corrected chi connectivity index (χ4v) is 9.13. The number of ether oxygens (including phenoxy) is 1. The van der Waals surface area contributed by atoms with Gasteiger partial charge in [0.15, 0.2) is 17.2 Å². The second-order valence-electron chi connectivity index (χ2n) is 12.0. The molecule has 12 heteroatoms. The van der Waals surface area contributed by atoms with Crippen LogP contribution in [0.5, 0.6) is 5.75 Å². The number of Topliss-reactive ketones (excluding diaryl/α,β-unsaturated/α-hetero) is 2. The van der Waals surface area contributed by atoms with Crippen molar-refractivity contribution in [1.82, 2.24) is 4.90 Å². The van der Waals surface area contributed by atoms with Gasteiger partial charge in [-0.1, -0.05) is 31.9 Å². The largest absolute Gasteiger partial charge is 0.508 e. The molecule has 4 aliphatic carbocycles. The first-order chi connectivity index (χ1) is 19.9. The number of likely N-dealkylation sites (N-methyl/N-ethyl adjacent to an activating group) is 1. The van der Waals surface area contributed by atoms with Gasteiger partial charge in [-0.3, -0.25) is 19.2 Å². The normalized spacial score (nSPS) is 34.7. The maximum atomic E-state index is 14.1. The number of primary amides is 1. The number of nitrogens with two attached hydrogens (primary N) is 1. The first kappa shape index (κ1) is 30.5. The molecule has 0 bridgehead atoms. The van der Waals surface area contributed by atoms with Crippen LogP contribution >= 0.6 is 11.8 Å². The van der Waals surface area contributed by atoms with Crippen LogP contribution in [-0.4, -0.2) is 97.7 Å². The second-order valence-corrected chi connectivity index (χ2v) is 13.3. The summed E-state index contributed by atoms with van der Waals surface area (Å²) in [7, 11) is 3.12. The molecule has 11 nitrogen and oxygen atoms in total. The van der Waals surface area contributed by atoms with Gasteiger partial charge in [0.25, 0.3) is 0 Å². The van der Waals surface area contributed by atoms with E-state index in [4.69, 9.17) is 10.5 Å². The van der Waals surface area contributed by atoms with Crippen molar-refractivity contribution in [3.8, 4) is 5.75 Å². The smallest absolute Gasteiger partial charge is 0.305 e. The summed E-state index contributed by atoms with van der Waals surface area (Å²) in [5.41, 5.74) is 2.71. The fraction of sp³-hybridized carbons (Fsp3) is 0.600. The molecule has 228 valence electrons. The maximum absolute atomic E-state index is 14.1. The van der Waals surface area contributed by atoms with Crippen LogP contribution in [0.4, 0.5) is 0 Å². The van der Waals surface area contributed by atoms with E-state index in [1.807, 2.05) is 0 Å². The molecule has 42 heavy (non-hydrogen) atoms. The van der Waals surface area contributed by atoms with Gasteiger partial charge in [0.1, 0.15) is 23.5 Å². The number of aromatic hydroxyl groups is 1. The standard InChI is InChI=1S/C30H38N2O9S/c1-4-17(34)41-26-19-15(12-42-13-8-5-6-9-13)14-10-7-11-16(33)18(14)24(35)20(19)27(37)30(40)22(26)23(32(2)3)25(36)21(28(30)38)29(31)39/h7,10-11,13,15,19,21-23,25-26,33,36-37,40H,4-6,8-9,12H2,1-3H3,(H2,31,39)/t15-,19+,21?,22+,23-,25?,26-,30-/m0/s1. The Bertz CT molecular complexity index is 1340.